The second-order valence-corrected chi connectivity index (χ2v) is 5.77. The van der Waals surface area contributed by atoms with Crippen molar-refractivity contribution in [3.8, 4) is 0 Å². The summed E-state index contributed by atoms with van der Waals surface area (Å²) in [5.41, 5.74) is 2.75. The molecule has 19 heavy (non-hydrogen) atoms. The molecule has 0 aliphatic heterocycles. The van der Waals surface area contributed by atoms with Gasteiger partial charge in [-0.25, -0.2) is 0 Å². The van der Waals surface area contributed by atoms with Crippen molar-refractivity contribution >= 4 is 0 Å². The van der Waals surface area contributed by atoms with Gasteiger partial charge in [0, 0.05) is 13.2 Å². The minimum Gasteiger partial charge on any atom is -0.381 e. The van der Waals surface area contributed by atoms with Gasteiger partial charge in [0.1, 0.15) is 0 Å². The van der Waals surface area contributed by atoms with Crippen molar-refractivity contribution in [2.75, 3.05) is 26.3 Å². The van der Waals surface area contributed by atoms with Gasteiger partial charge in [-0.15, -0.1) is 0 Å². The van der Waals surface area contributed by atoms with Crippen LogP contribution >= 0.6 is 0 Å². The minimum atomic E-state index is 0.556. The zero-order chi connectivity index (χ0) is 14.1. The fourth-order valence-electron chi connectivity index (χ4n) is 2.22. The molecule has 0 aromatic heterocycles. The molecule has 108 valence electrons. The van der Waals surface area contributed by atoms with Gasteiger partial charge in [-0.2, -0.15) is 0 Å². The average Bonchev–Trinajstić information content (AvgIpc) is 2.35. The molecule has 0 saturated carbocycles. The Morgan fingerprint density at radius 3 is 2.63 bits per heavy atom. The Kier molecular flexibility index (Phi) is 7.76. The van der Waals surface area contributed by atoms with Crippen molar-refractivity contribution in [2.45, 2.75) is 34.1 Å². The van der Waals surface area contributed by atoms with Crippen LogP contribution in [0.25, 0.3) is 0 Å². The first-order chi connectivity index (χ1) is 9.11. The Morgan fingerprint density at radius 1 is 1.21 bits per heavy atom. The van der Waals surface area contributed by atoms with E-state index in [1.54, 1.807) is 0 Å². The molecule has 0 aliphatic rings. The maximum Gasteiger partial charge on any atom is 0.0509 e. The molecule has 1 N–H and O–H groups in total. The van der Waals surface area contributed by atoms with E-state index in [1.807, 2.05) is 0 Å². The summed E-state index contributed by atoms with van der Waals surface area (Å²) >= 11 is 0. The third-order valence-corrected chi connectivity index (χ3v) is 3.15. The Labute approximate surface area is 118 Å². The van der Waals surface area contributed by atoms with Gasteiger partial charge in [0.25, 0.3) is 0 Å². The average molecular weight is 263 g/mol. The van der Waals surface area contributed by atoms with E-state index in [9.17, 15) is 0 Å². The maximum absolute atomic E-state index is 5.62. The first-order valence-electron chi connectivity index (χ1n) is 7.45. The highest BCUT2D eigenvalue weighted by Gasteiger charge is 2.10. The molecule has 0 aliphatic carbocycles. The van der Waals surface area contributed by atoms with E-state index in [2.05, 4.69) is 57.3 Å². The van der Waals surface area contributed by atoms with Crippen molar-refractivity contribution in [3.05, 3.63) is 35.4 Å². The van der Waals surface area contributed by atoms with Crippen LogP contribution in [0.15, 0.2) is 24.3 Å². The predicted octanol–water partition coefficient (Wildman–Crippen LogP) is 3.44. The number of hydrogen-bond acceptors (Lipinski definition) is 2. The highest BCUT2D eigenvalue weighted by molar-refractivity contribution is 5.22. The van der Waals surface area contributed by atoms with E-state index >= 15 is 0 Å². The summed E-state index contributed by atoms with van der Waals surface area (Å²) in [6.45, 7) is 12.5. The van der Waals surface area contributed by atoms with Gasteiger partial charge in [0.15, 0.2) is 0 Å². The zero-order valence-corrected chi connectivity index (χ0v) is 12.9. The number of rotatable bonds is 9. The van der Waals surface area contributed by atoms with Crippen LogP contribution in [-0.4, -0.2) is 26.3 Å². The predicted molar refractivity (Wildman–Crippen MR) is 82.6 cm³/mol. The molecule has 0 fully saturated rings. The molecular formula is C17H29NO. The summed E-state index contributed by atoms with van der Waals surface area (Å²) < 4.78 is 5.62. The van der Waals surface area contributed by atoms with Crippen molar-refractivity contribution < 1.29 is 4.74 Å². The third kappa shape index (κ3) is 7.34. The molecule has 1 aromatic rings. The Morgan fingerprint density at radius 2 is 2.00 bits per heavy atom. The first-order valence-corrected chi connectivity index (χ1v) is 7.45. The van der Waals surface area contributed by atoms with Crippen LogP contribution in [0, 0.1) is 18.8 Å². The summed E-state index contributed by atoms with van der Waals surface area (Å²) in [4.78, 5) is 0. The van der Waals surface area contributed by atoms with Crippen LogP contribution in [0.1, 0.15) is 31.9 Å². The van der Waals surface area contributed by atoms with Crippen molar-refractivity contribution in [1.82, 2.24) is 5.32 Å². The van der Waals surface area contributed by atoms with Crippen LogP contribution in [0.5, 0.6) is 0 Å². The van der Waals surface area contributed by atoms with Crippen LogP contribution in [0.2, 0.25) is 0 Å². The highest BCUT2D eigenvalue weighted by atomic mass is 16.5. The number of nitrogens with one attached hydrogen (secondary N) is 1. The number of hydrogen-bond donors (Lipinski definition) is 1. The Hall–Kier alpha value is -0.860. The van der Waals surface area contributed by atoms with E-state index in [0.717, 1.165) is 32.7 Å². The van der Waals surface area contributed by atoms with Gasteiger partial charge in [-0.05, 0) is 44.2 Å². The van der Waals surface area contributed by atoms with Gasteiger partial charge in [0.2, 0.25) is 0 Å². The zero-order valence-electron chi connectivity index (χ0n) is 12.9. The third-order valence-electron chi connectivity index (χ3n) is 3.15. The number of ether oxygens (including phenoxy) is 1. The van der Waals surface area contributed by atoms with E-state index in [0.29, 0.717) is 11.8 Å². The molecule has 2 nitrogen and oxygen atoms in total. The fraction of sp³-hybridized carbons (Fsp3) is 0.647. The smallest absolute Gasteiger partial charge is 0.0509 e. The monoisotopic (exact) mass is 263 g/mol. The molecule has 1 rings (SSSR count). The fourth-order valence-corrected chi connectivity index (χ4v) is 2.22. The summed E-state index contributed by atoms with van der Waals surface area (Å²) in [5.74, 6) is 1.26. The summed E-state index contributed by atoms with van der Waals surface area (Å²) in [7, 11) is 0. The van der Waals surface area contributed by atoms with Crippen LogP contribution in [0.3, 0.4) is 0 Å². The Bertz CT molecular complexity index is 349. The van der Waals surface area contributed by atoms with Gasteiger partial charge < -0.3 is 10.1 Å². The molecule has 1 aromatic carbocycles. The molecule has 1 unspecified atom stereocenters. The molecule has 1 atom stereocenters. The highest BCUT2D eigenvalue weighted by Crippen LogP contribution is 2.11. The quantitative estimate of drug-likeness (QED) is 0.737. The molecule has 2 heteroatoms. The van der Waals surface area contributed by atoms with Gasteiger partial charge in [0.05, 0.1) is 6.61 Å². The van der Waals surface area contributed by atoms with Crippen LogP contribution in [0.4, 0.5) is 0 Å². The van der Waals surface area contributed by atoms with Crippen LogP contribution < -0.4 is 5.32 Å². The van der Waals surface area contributed by atoms with Crippen molar-refractivity contribution in [2.24, 2.45) is 11.8 Å². The minimum absolute atomic E-state index is 0.556. The molecule has 0 heterocycles. The standard InChI is InChI=1S/C17H29NO/c1-5-19-13-17(12-18-11-14(2)3)10-16-8-6-7-15(4)9-16/h6-9,14,17-18H,5,10-13H2,1-4H3. The summed E-state index contributed by atoms with van der Waals surface area (Å²) in [5, 5.41) is 3.55. The topological polar surface area (TPSA) is 21.3 Å². The molecule has 0 saturated heterocycles. The summed E-state index contributed by atoms with van der Waals surface area (Å²) in [6, 6.07) is 8.79. The van der Waals surface area contributed by atoms with Gasteiger partial charge in [-0.1, -0.05) is 43.7 Å². The number of aryl methyl sites for hydroxylation is 1. The molecule has 0 radical (unpaired) electrons. The lowest BCUT2D eigenvalue weighted by atomic mass is 9.98. The van der Waals surface area contributed by atoms with E-state index in [1.165, 1.54) is 11.1 Å². The molecule has 0 amide bonds. The van der Waals surface area contributed by atoms with Gasteiger partial charge >= 0.3 is 0 Å². The normalized spacial score (nSPS) is 12.9. The largest absolute Gasteiger partial charge is 0.381 e. The van der Waals surface area contributed by atoms with Crippen molar-refractivity contribution in [1.29, 1.82) is 0 Å². The van der Waals surface area contributed by atoms with E-state index < -0.39 is 0 Å². The van der Waals surface area contributed by atoms with E-state index in [-0.39, 0.29) is 0 Å². The van der Waals surface area contributed by atoms with Crippen LogP contribution in [-0.2, 0) is 11.2 Å². The molecule has 0 spiro atoms. The van der Waals surface area contributed by atoms with Crippen molar-refractivity contribution in [3.63, 3.8) is 0 Å². The second kappa shape index (κ2) is 9.11. The van der Waals surface area contributed by atoms with E-state index in [4.69, 9.17) is 4.74 Å². The maximum atomic E-state index is 5.62. The van der Waals surface area contributed by atoms with Gasteiger partial charge in [-0.3, -0.25) is 0 Å². The second-order valence-electron chi connectivity index (χ2n) is 5.77. The first kappa shape index (κ1) is 16.2. The molecular weight excluding hydrogens is 234 g/mol. The Balaban J connectivity index is 2.48. The lowest BCUT2D eigenvalue weighted by Crippen LogP contribution is -2.30. The SMILES string of the molecule is CCOCC(CNCC(C)C)Cc1cccc(C)c1. The number of benzene rings is 1. The lowest BCUT2D eigenvalue weighted by molar-refractivity contribution is 0.109. The molecule has 0 bridgehead atoms. The summed E-state index contributed by atoms with van der Waals surface area (Å²) in [6.07, 6.45) is 1.09. The lowest BCUT2D eigenvalue weighted by Gasteiger charge is -2.18.